The SMILES string of the molecule is COc1cnc(C(=O)N[C@@H]2CCc3cc(C#N)ccc32)c(F)c1. The summed E-state index contributed by atoms with van der Waals surface area (Å²) in [7, 11) is 1.40. The van der Waals surface area contributed by atoms with Gasteiger partial charge >= 0.3 is 0 Å². The van der Waals surface area contributed by atoms with Crippen molar-refractivity contribution in [2.75, 3.05) is 7.11 Å². The first kappa shape index (κ1) is 15.0. The molecule has 1 aromatic carbocycles. The number of hydrogen-bond acceptors (Lipinski definition) is 4. The number of carbonyl (C=O) groups is 1. The molecular formula is C17H14FN3O2. The van der Waals surface area contributed by atoms with Crippen LogP contribution in [0.4, 0.5) is 4.39 Å². The smallest absolute Gasteiger partial charge is 0.273 e. The molecule has 0 unspecified atom stereocenters. The first-order valence-corrected chi connectivity index (χ1v) is 7.15. The maximum atomic E-state index is 13.9. The molecule has 0 spiro atoms. The molecule has 1 atom stereocenters. The lowest BCUT2D eigenvalue weighted by atomic mass is 10.1. The number of nitriles is 1. The summed E-state index contributed by atoms with van der Waals surface area (Å²) >= 11 is 0. The Labute approximate surface area is 132 Å². The van der Waals surface area contributed by atoms with Crippen molar-refractivity contribution in [2.45, 2.75) is 18.9 Å². The Morgan fingerprint density at radius 3 is 3.00 bits per heavy atom. The Kier molecular flexibility index (Phi) is 3.94. The Hall–Kier alpha value is -2.94. The summed E-state index contributed by atoms with van der Waals surface area (Å²) in [6.07, 6.45) is 2.79. The molecule has 1 heterocycles. The Morgan fingerprint density at radius 1 is 1.48 bits per heavy atom. The van der Waals surface area contributed by atoms with Crippen LogP contribution in [0.3, 0.4) is 0 Å². The molecule has 1 amide bonds. The van der Waals surface area contributed by atoms with Gasteiger partial charge in [0, 0.05) is 6.07 Å². The van der Waals surface area contributed by atoms with Gasteiger partial charge in [0.05, 0.1) is 31.0 Å². The summed E-state index contributed by atoms with van der Waals surface area (Å²) in [5, 5.41) is 11.7. The molecule has 1 N–H and O–H groups in total. The number of nitrogens with zero attached hydrogens (tertiary/aromatic N) is 2. The van der Waals surface area contributed by atoms with Gasteiger partial charge in [-0.3, -0.25) is 4.79 Å². The normalized spacial score (nSPS) is 15.6. The molecule has 1 aliphatic carbocycles. The molecule has 0 saturated heterocycles. The zero-order chi connectivity index (χ0) is 16.4. The number of carbonyl (C=O) groups excluding carboxylic acids is 1. The lowest BCUT2D eigenvalue weighted by molar-refractivity contribution is 0.0927. The minimum absolute atomic E-state index is 0.200. The number of amides is 1. The first-order chi connectivity index (χ1) is 11.1. The fraction of sp³-hybridized carbons (Fsp3) is 0.235. The Balaban J connectivity index is 1.79. The number of fused-ring (bicyclic) bond motifs is 1. The van der Waals surface area contributed by atoms with Crippen LogP contribution in [0, 0.1) is 17.1 Å². The van der Waals surface area contributed by atoms with Crippen molar-refractivity contribution in [3.05, 3.63) is 58.7 Å². The highest BCUT2D eigenvalue weighted by atomic mass is 19.1. The van der Waals surface area contributed by atoms with Gasteiger partial charge < -0.3 is 10.1 Å². The molecule has 3 rings (SSSR count). The number of ether oxygens (including phenoxy) is 1. The molecule has 1 aromatic heterocycles. The standard InChI is InChI=1S/C17H14FN3O2/c1-23-12-7-14(18)16(20-9-12)17(22)21-15-5-3-11-6-10(8-19)2-4-13(11)15/h2,4,6-7,9,15H,3,5H2,1H3,(H,21,22)/t15-/m1/s1. The van der Waals surface area contributed by atoms with Gasteiger partial charge in [0.15, 0.2) is 11.5 Å². The predicted octanol–water partition coefficient (Wildman–Crippen LogP) is 2.52. The first-order valence-electron chi connectivity index (χ1n) is 7.15. The van der Waals surface area contributed by atoms with Crippen LogP contribution in [0.15, 0.2) is 30.5 Å². The number of aryl methyl sites for hydroxylation is 1. The predicted molar refractivity (Wildman–Crippen MR) is 80.4 cm³/mol. The fourth-order valence-corrected chi connectivity index (χ4v) is 2.76. The number of aromatic nitrogens is 1. The summed E-state index contributed by atoms with van der Waals surface area (Å²) in [4.78, 5) is 16.1. The van der Waals surface area contributed by atoms with Crippen molar-refractivity contribution < 1.29 is 13.9 Å². The number of pyridine rings is 1. The van der Waals surface area contributed by atoms with Crippen molar-refractivity contribution in [1.29, 1.82) is 5.26 Å². The van der Waals surface area contributed by atoms with Crippen LogP contribution in [0.1, 0.15) is 39.6 Å². The summed E-state index contributed by atoms with van der Waals surface area (Å²) < 4.78 is 18.8. The molecule has 0 radical (unpaired) electrons. The average Bonchev–Trinajstić information content (AvgIpc) is 2.96. The number of methoxy groups -OCH3 is 1. The van der Waals surface area contributed by atoms with E-state index >= 15 is 0 Å². The van der Waals surface area contributed by atoms with Crippen molar-refractivity contribution in [1.82, 2.24) is 10.3 Å². The zero-order valence-electron chi connectivity index (χ0n) is 12.5. The molecular weight excluding hydrogens is 297 g/mol. The highest BCUT2D eigenvalue weighted by Crippen LogP contribution is 2.32. The van der Waals surface area contributed by atoms with Gasteiger partial charge in [-0.25, -0.2) is 9.37 Å². The summed E-state index contributed by atoms with van der Waals surface area (Å²) in [6.45, 7) is 0. The molecule has 0 fully saturated rings. The second-order valence-corrected chi connectivity index (χ2v) is 5.30. The largest absolute Gasteiger partial charge is 0.495 e. The van der Waals surface area contributed by atoms with E-state index in [0.29, 0.717) is 12.0 Å². The maximum absolute atomic E-state index is 13.9. The quantitative estimate of drug-likeness (QED) is 0.945. The van der Waals surface area contributed by atoms with E-state index in [-0.39, 0.29) is 17.5 Å². The lowest BCUT2D eigenvalue weighted by Crippen LogP contribution is -2.28. The van der Waals surface area contributed by atoms with Gasteiger partial charge in [0.25, 0.3) is 5.91 Å². The number of halogens is 1. The average molecular weight is 311 g/mol. The Bertz CT molecular complexity index is 814. The van der Waals surface area contributed by atoms with Gasteiger partial charge in [-0.2, -0.15) is 5.26 Å². The van der Waals surface area contributed by atoms with Crippen LogP contribution in [-0.4, -0.2) is 18.0 Å². The number of benzene rings is 1. The third-order valence-corrected chi connectivity index (χ3v) is 3.92. The van der Waals surface area contributed by atoms with E-state index in [2.05, 4.69) is 16.4 Å². The van der Waals surface area contributed by atoms with Crippen molar-refractivity contribution in [2.24, 2.45) is 0 Å². The van der Waals surface area contributed by atoms with Crippen LogP contribution >= 0.6 is 0 Å². The number of nitrogens with one attached hydrogen (secondary N) is 1. The van der Waals surface area contributed by atoms with Crippen LogP contribution < -0.4 is 10.1 Å². The molecule has 0 bridgehead atoms. The van der Waals surface area contributed by atoms with E-state index in [4.69, 9.17) is 10.00 Å². The third-order valence-electron chi connectivity index (χ3n) is 3.92. The van der Waals surface area contributed by atoms with Crippen molar-refractivity contribution in [3.8, 4) is 11.8 Å². The second kappa shape index (κ2) is 6.05. The topological polar surface area (TPSA) is 75.0 Å². The maximum Gasteiger partial charge on any atom is 0.273 e. The molecule has 116 valence electrons. The van der Waals surface area contributed by atoms with E-state index in [9.17, 15) is 9.18 Å². The minimum Gasteiger partial charge on any atom is -0.495 e. The highest BCUT2D eigenvalue weighted by Gasteiger charge is 2.26. The van der Waals surface area contributed by atoms with Crippen LogP contribution in [-0.2, 0) is 6.42 Å². The minimum atomic E-state index is -0.722. The summed E-state index contributed by atoms with van der Waals surface area (Å²) in [5.41, 5.74) is 2.34. The van der Waals surface area contributed by atoms with E-state index in [1.165, 1.54) is 13.3 Å². The van der Waals surface area contributed by atoms with Crippen LogP contribution in [0.25, 0.3) is 0 Å². The molecule has 23 heavy (non-hydrogen) atoms. The highest BCUT2D eigenvalue weighted by molar-refractivity contribution is 5.93. The molecule has 6 heteroatoms. The molecule has 5 nitrogen and oxygen atoms in total. The van der Waals surface area contributed by atoms with E-state index in [1.54, 1.807) is 6.07 Å². The van der Waals surface area contributed by atoms with E-state index in [1.807, 2.05) is 12.1 Å². The third kappa shape index (κ3) is 2.86. The molecule has 0 saturated carbocycles. The summed E-state index contributed by atoms with van der Waals surface area (Å²) in [5.74, 6) is -1.03. The zero-order valence-corrected chi connectivity index (χ0v) is 12.5. The second-order valence-electron chi connectivity index (χ2n) is 5.30. The van der Waals surface area contributed by atoms with Gasteiger partial charge in [-0.05, 0) is 36.1 Å². The Morgan fingerprint density at radius 2 is 2.30 bits per heavy atom. The van der Waals surface area contributed by atoms with Crippen LogP contribution in [0.2, 0.25) is 0 Å². The van der Waals surface area contributed by atoms with Crippen LogP contribution in [0.5, 0.6) is 5.75 Å². The van der Waals surface area contributed by atoms with Gasteiger partial charge in [-0.1, -0.05) is 6.07 Å². The molecule has 1 aliphatic rings. The molecule has 2 aromatic rings. The summed E-state index contributed by atoms with van der Waals surface area (Å²) in [6, 6.07) is 8.41. The van der Waals surface area contributed by atoms with Gasteiger partial charge in [-0.15, -0.1) is 0 Å². The van der Waals surface area contributed by atoms with Gasteiger partial charge in [0.1, 0.15) is 5.75 Å². The fourth-order valence-electron chi connectivity index (χ4n) is 2.76. The monoisotopic (exact) mass is 311 g/mol. The van der Waals surface area contributed by atoms with Crippen molar-refractivity contribution >= 4 is 5.91 Å². The number of hydrogen-bond donors (Lipinski definition) is 1. The number of rotatable bonds is 3. The van der Waals surface area contributed by atoms with Crippen molar-refractivity contribution in [3.63, 3.8) is 0 Å². The van der Waals surface area contributed by atoms with Gasteiger partial charge in [0.2, 0.25) is 0 Å². The van der Waals surface area contributed by atoms with E-state index < -0.39 is 11.7 Å². The lowest BCUT2D eigenvalue weighted by Gasteiger charge is -2.14. The van der Waals surface area contributed by atoms with E-state index in [0.717, 1.165) is 23.6 Å². The molecule has 0 aliphatic heterocycles.